The molecule has 2 aromatic carbocycles. The number of hydrogen-bond donors (Lipinski definition) is 1. The molecule has 10 nitrogen and oxygen atoms in total. The van der Waals surface area contributed by atoms with Crippen molar-refractivity contribution in [3.05, 3.63) is 65.9 Å². The van der Waals surface area contributed by atoms with Gasteiger partial charge in [0.2, 0.25) is 16.0 Å². The molecule has 224 valence electrons. The van der Waals surface area contributed by atoms with Crippen LogP contribution in [0.2, 0.25) is 0 Å². The van der Waals surface area contributed by atoms with E-state index in [2.05, 4.69) is 40.1 Å². The molecule has 0 spiro atoms. The van der Waals surface area contributed by atoms with Gasteiger partial charge < -0.3 is 19.7 Å². The number of rotatable bonds is 14. The van der Waals surface area contributed by atoms with Gasteiger partial charge in [-0.25, -0.2) is 22.7 Å². The fourth-order valence-corrected chi connectivity index (χ4v) is 6.38. The van der Waals surface area contributed by atoms with Crippen LogP contribution in [0.3, 0.4) is 0 Å². The first-order valence-electron chi connectivity index (χ1n) is 14.5. The smallest absolute Gasteiger partial charge is 0.227 e. The third kappa shape index (κ3) is 8.49. The largest absolute Gasteiger partial charge is 0.489 e. The topological polar surface area (TPSA) is 121 Å². The molecule has 0 saturated carbocycles. The van der Waals surface area contributed by atoms with Gasteiger partial charge in [-0.05, 0) is 55.1 Å². The second-order valence-electron chi connectivity index (χ2n) is 10.1. The van der Waals surface area contributed by atoms with Crippen molar-refractivity contribution in [2.75, 3.05) is 51.3 Å². The molecular formula is C31H40N6O4S. The lowest BCUT2D eigenvalue weighted by atomic mass is 10.1. The first-order valence-corrected chi connectivity index (χ1v) is 16.1. The van der Waals surface area contributed by atoms with E-state index >= 15 is 0 Å². The van der Waals surface area contributed by atoms with Crippen molar-refractivity contribution in [2.24, 2.45) is 0 Å². The standard InChI is InChI=1S/C31H40N6O4S/c1-4-36(5-2)17-18-37(6-3)42(38,39)23-24-7-10-27(11-8-24)34-31-33-16-13-29(35-31)25-9-12-30(26(21-25)22-32)41-28-14-19-40-20-15-28/h7-13,16,21,28H,4-6,14-15,17-20,23H2,1-3H3,(H,33,34,35). The minimum Gasteiger partial charge on any atom is -0.489 e. The number of nitrogens with one attached hydrogen (secondary N) is 1. The number of likely N-dealkylation sites (N-methyl/N-ethyl adjacent to an activating group) is 2. The summed E-state index contributed by atoms with van der Waals surface area (Å²) in [5.41, 5.74) is 3.34. The molecule has 1 aliphatic heterocycles. The van der Waals surface area contributed by atoms with Crippen LogP contribution in [0.15, 0.2) is 54.7 Å². The summed E-state index contributed by atoms with van der Waals surface area (Å²) < 4.78 is 39.2. The highest BCUT2D eigenvalue weighted by atomic mass is 32.2. The Bertz CT molecular complexity index is 1450. The molecule has 11 heteroatoms. The molecule has 0 amide bonds. The highest BCUT2D eigenvalue weighted by Gasteiger charge is 2.22. The van der Waals surface area contributed by atoms with Gasteiger partial charge in [-0.15, -0.1) is 0 Å². The second kappa shape index (κ2) is 15.1. The Morgan fingerprint density at radius 2 is 1.76 bits per heavy atom. The van der Waals surface area contributed by atoms with Gasteiger partial charge in [0.25, 0.3) is 0 Å². The zero-order valence-corrected chi connectivity index (χ0v) is 25.4. The summed E-state index contributed by atoms with van der Waals surface area (Å²) in [5, 5.41) is 12.9. The number of nitriles is 1. The molecule has 0 aliphatic carbocycles. The molecule has 2 heterocycles. The molecule has 3 aromatic rings. The van der Waals surface area contributed by atoms with Gasteiger partial charge in [0.1, 0.15) is 17.9 Å². The normalized spacial score (nSPS) is 14.2. The molecule has 0 radical (unpaired) electrons. The zero-order valence-electron chi connectivity index (χ0n) is 24.6. The molecule has 0 bridgehead atoms. The van der Waals surface area contributed by atoms with E-state index in [1.54, 1.807) is 34.8 Å². The zero-order chi connectivity index (χ0) is 30.0. The van der Waals surface area contributed by atoms with E-state index in [9.17, 15) is 13.7 Å². The first kappa shape index (κ1) is 31.4. The maximum absolute atomic E-state index is 13.1. The summed E-state index contributed by atoms with van der Waals surface area (Å²) in [4.78, 5) is 11.2. The van der Waals surface area contributed by atoms with Gasteiger partial charge in [0, 0.05) is 49.9 Å². The van der Waals surface area contributed by atoms with Crippen LogP contribution < -0.4 is 10.1 Å². The van der Waals surface area contributed by atoms with Crippen molar-refractivity contribution in [3.8, 4) is 23.1 Å². The van der Waals surface area contributed by atoms with Crippen molar-refractivity contribution >= 4 is 21.7 Å². The number of sulfonamides is 1. The molecule has 1 saturated heterocycles. The van der Waals surface area contributed by atoms with Crippen molar-refractivity contribution in [2.45, 2.75) is 45.5 Å². The van der Waals surface area contributed by atoms with Crippen LogP contribution in [0, 0.1) is 11.3 Å². The van der Waals surface area contributed by atoms with Gasteiger partial charge >= 0.3 is 0 Å². The van der Waals surface area contributed by atoms with Gasteiger partial charge in [0.05, 0.1) is 30.2 Å². The Hall–Kier alpha value is -3.56. The third-order valence-electron chi connectivity index (χ3n) is 7.38. The third-order valence-corrected chi connectivity index (χ3v) is 9.30. The summed E-state index contributed by atoms with van der Waals surface area (Å²) in [5.74, 6) is 0.900. The highest BCUT2D eigenvalue weighted by Crippen LogP contribution is 2.28. The van der Waals surface area contributed by atoms with Gasteiger partial charge in [-0.1, -0.05) is 32.9 Å². The quantitative estimate of drug-likeness (QED) is 0.281. The molecular weight excluding hydrogens is 552 g/mol. The van der Waals surface area contributed by atoms with Gasteiger partial charge in [0.15, 0.2) is 0 Å². The SMILES string of the molecule is CCN(CC)CCN(CC)S(=O)(=O)Cc1ccc(Nc2nccc(-c3ccc(OC4CCOCC4)c(C#N)c3)n2)cc1. The van der Waals surface area contributed by atoms with Gasteiger partial charge in [-0.2, -0.15) is 5.26 Å². The molecule has 0 unspecified atom stereocenters. The maximum atomic E-state index is 13.1. The Labute approximate surface area is 249 Å². The molecule has 4 rings (SSSR count). The number of ether oxygens (including phenoxy) is 2. The van der Waals surface area contributed by atoms with Crippen molar-refractivity contribution in [1.29, 1.82) is 5.26 Å². The van der Waals surface area contributed by atoms with Crippen LogP contribution in [0.5, 0.6) is 5.75 Å². The predicted octanol–water partition coefficient (Wildman–Crippen LogP) is 4.81. The van der Waals surface area contributed by atoms with E-state index < -0.39 is 10.0 Å². The van der Waals surface area contributed by atoms with E-state index in [1.807, 2.05) is 31.2 Å². The van der Waals surface area contributed by atoms with Crippen molar-refractivity contribution in [1.82, 2.24) is 19.2 Å². The van der Waals surface area contributed by atoms with Crippen LogP contribution >= 0.6 is 0 Å². The van der Waals surface area contributed by atoms with E-state index in [0.717, 1.165) is 37.2 Å². The summed E-state index contributed by atoms with van der Waals surface area (Å²) in [6, 6.07) is 16.8. The lowest BCUT2D eigenvalue weighted by Crippen LogP contribution is -2.39. The fraction of sp³-hybridized carbons (Fsp3) is 0.452. The Balaban J connectivity index is 1.40. The molecule has 1 aromatic heterocycles. The summed E-state index contributed by atoms with van der Waals surface area (Å²) >= 11 is 0. The fourth-order valence-electron chi connectivity index (χ4n) is 4.83. The maximum Gasteiger partial charge on any atom is 0.227 e. The Morgan fingerprint density at radius 3 is 2.43 bits per heavy atom. The molecule has 1 aliphatic rings. The van der Waals surface area contributed by atoms with E-state index in [-0.39, 0.29) is 11.9 Å². The van der Waals surface area contributed by atoms with Crippen molar-refractivity contribution < 1.29 is 17.9 Å². The Morgan fingerprint density at radius 1 is 1.02 bits per heavy atom. The van der Waals surface area contributed by atoms with Crippen LogP contribution in [0.25, 0.3) is 11.3 Å². The highest BCUT2D eigenvalue weighted by molar-refractivity contribution is 7.88. The minimum atomic E-state index is -3.44. The average Bonchev–Trinajstić information content (AvgIpc) is 3.01. The summed E-state index contributed by atoms with van der Waals surface area (Å²) in [6.07, 6.45) is 3.31. The second-order valence-corrected chi connectivity index (χ2v) is 12.1. The van der Waals surface area contributed by atoms with E-state index in [4.69, 9.17) is 9.47 Å². The molecule has 42 heavy (non-hydrogen) atoms. The van der Waals surface area contributed by atoms with Gasteiger partial charge in [-0.3, -0.25) is 0 Å². The number of nitrogens with zero attached hydrogens (tertiary/aromatic N) is 5. The predicted molar refractivity (Wildman–Crippen MR) is 164 cm³/mol. The molecule has 0 atom stereocenters. The molecule has 1 fully saturated rings. The molecule has 1 N–H and O–H groups in total. The monoisotopic (exact) mass is 592 g/mol. The number of hydrogen-bond acceptors (Lipinski definition) is 9. The van der Waals surface area contributed by atoms with E-state index in [0.29, 0.717) is 61.4 Å². The summed E-state index contributed by atoms with van der Waals surface area (Å²) in [6.45, 7) is 10.8. The Kier molecular flexibility index (Phi) is 11.3. The first-order chi connectivity index (χ1) is 20.3. The van der Waals surface area contributed by atoms with Crippen LogP contribution in [0.1, 0.15) is 44.7 Å². The number of benzene rings is 2. The average molecular weight is 593 g/mol. The number of anilines is 2. The lowest BCUT2D eigenvalue weighted by Gasteiger charge is -2.25. The lowest BCUT2D eigenvalue weighted by molar-refractivity contribution is 0.0254. The van der Waals surface area contributed by atoms with Crippen molar-refractivity contribution in [3.63, 3.8) is 0 Å². The van der Waals surface area contributed by atoms with E-state index in [1.165, 1.54) is 0 Å². The van der Waals surface area contributed by atoms with Crippen LogP contribution in [-0.4, -0.2) is 79.6 Å². The number of aromatic nitrogens is 2. The van der Waals surface area contributed by atoms with Crippen LogP contribution in [-0.2, 0) is 20.5 Å². The summed E-state index contributed by atoms with van der Waals surface area (Å²) in [7, 11) is -3.44. The van der Waals surface area contributed by atoms with Crippen LogP contribution in [0.4, 0.5) is 11.6 Å². The minimum absolute atomic E-state index is 0.0428.